The fourth-order valence-electron chi connectivity index (χ4n) is 1.67. The van der Waals surface area contributed by atoms with Gasteiger partial charge in [-0.25, -0.2) is 9.97 Å². The van der Waals surface area contributed by atoms with E-state index in [0.29, 0.717) is 17.2 Å². The number of benzene rings is 1. The van der Waals surface area contributed by atoms with Crippen LogP contribution < -0.4 is 5.56 Å². The third-order valence-electron chi connectivity index (χ3n) is 2.53. The number of phenols is 1. The SMILES string of the molecule is O=c1cc(CSc2cccc(O)c2)nc2nc[nH]n12. The maximum atomic E-state index is 11.7. The Hall–Kier alpha value is -2.28. The first kappa shape index (κ1) is 11.8. The molecule has 0 aliphatic rings. The Morgan fingerprint density at radius 2 is 2.26 bits per heavy atom. The van der Waals surface area contributed by atoms with Gasteiger partial charge in [0.2, 0.25) is 0 Å². The second-order valence-electron chi connectivity index (χ2n) is 3.89. The van der Waals surface area contributed by atoms with Crippen LogP contribution in [0.25, 0.3) is 5.78 Å². The van der Waals surface area contributed by atoms with Gasteiger partial charge in [-0.1, -0.05) is 6.07 Å². The first-order valence-electron chi connectivity index (χ1n) is 5.56. The van der Waals surface area contributed by atoms with Crippen LogP contribution in [0.15, 0.2) is 46.3 Å². The van der Waals surface area contributed by atoms with Gasteiger partial charge in [0, 0.05) is 16.7 Å². The smallest absolute Gasteiger partial charge is 0.274 e. The molecule has 2 N–H and O–H groups in total. The monoisotopic (exact) mass is 274 g/mol. The summed E-state index contributed by atoms with van der Waals surface area (Å²) in [5.41, 5.74) is 0.472. The van der Waals surface area contributed by atoms with Gasteiger partial charge in [-0.05, 0) is 18.2 Å². The summed E-state index contributed by atoms with van der Waals surface area (Å²) in [6, 6.07) is 8.43. The Bertz CT molecular complexity index is 780. The molecule has 0 saturated carbocycles. The maximum absolute atomic E-state index is 11.7. The number of hydrogen-bond acceptors (Lipinski definition) is 5. The Morgan fingerprint density at radius 1 is 1.37 bits per heavy atom. The molecule has 2 heterocycles. The van der Waals surface area contributed by atoms with E-state index < -0.39 is 0 Å². The fraction of sp³-hybridized carbons (Fsp3) is 0.0833. The minimum absolute atomic E-state index is 0.186. The van der Waals surface area contributed by atoms with Crippen LogP contribution in [-0.2, 0) is 5.75 Å². The summed E-state index contributed by atoms with van der Waals surface area (Å²) in [4.78, 5) is 20.9. The summed E-state index contributed by atoms with van der Waals surface area (Å²) >= 11 is 1.50. The van der Waals surface area contributed by atoms with Crippen molar-refractivity contribution in [3.63, 3.8) is 0 Å². The number of nitrogens with zero attached hydrogens (tertiary/aromatic N) is 3. The molecule has 96 valence electrons. The standard InChI is InChI=1S/C12H10N4O2S/c17-9-2-1-3-10(5-9)19-6-8-4-11(18)16-12(15-8)13-7-14-16/h1-5,7,17H,6H2,(H,13,14,15). The normalized spacial score (nSPS) is 10.9. The zero-order valence-electron chi connectivity index (χ0n) is 9.78. The lowest BCUT2D eigenvalue weighted by molar-refractivity contribution is 0.474. The highest BCUT2D eigenvalue weighted by Gasteiger charge is 2.05. The average molecular weight is 274 g/mol. The predicted molar refractivity (Wildman–Crippen MR) is 71.3 cm³/mol. The van der Waals surface area contributed by atoms with Crippen LogP contribution in [0.5, 0.6) is 5.75 Å². The lowest BCUT2D eigenvalue weighted by atomic mass is 10.3. The number of aromatic amines is 1. The number of H-pyrrole nitrogens is 1. The van der Waals surface area contributed by atoms with Crippen LogP contribution in [0.3, 0.4) is 0 Å². The second-order valence-corrected chi connectivity index (χ2v) is 4.94. The molecule has 0 amide bonds. The van der Waals surface area contributed by atoms with E-state index >= 15 is 0 Å². The van der Waals surface area contributed by atoms with Gasteiger partial charge in [0.15, 0.2) is 0 Å². The average Bonchev–Trinajstić information content (AvgIpc) is 2.85. The van der Waals surface area contributed by atoms with E-state index in [1.165, 1.54) is 28.7 Å². The molecule has 0 unspecified atom stereocenters. The molecule has 0 aliphatic heterocycles. The minimum Gasteiger partial charge on any atom is -0.508 e. The van der Waals surface area contributed by atoms with Crippen molar-refractivity contribution in [2.45, 2.75) is 10.6 Å². The number of phenolic OH excluding ortho intramolecular Hbond substituents is 1. The largest absolute Gasteiger partial charge is 0.508 e. The number of hydrogen-bond donors (Lipinski definition) is 2. The first-order chi connectivity index (χ1) is 9.22. The van der Waals surface area contributed by atoms with Crippen LogP contribution in [0.4, 0.5) is 0 Å². The molecule has 3 aromatic rings. The van der Waals surface area contributed by atoms with Crippen LogP contribution in [0, 0.1) is 0 Å². The molecular formula is C12H10N4O2S. The molecule has 3 rings (SSSR count). The van der Waals surface area contributed by atoms with Crippen molar-refractivity contribution in [1.29, 1.82) is 0 Å². The zero-order chi connectivity index (χ0) is 13.2. The van der Waals surface area contributed by atoms with Gasteiger partial charge < -0.3 is 5.11 Å². The Labute approximate surface area is 112 Å². The number of aromatic nitrogens is 4. The van der Waals surface area contributed by atoms with Gasteiger partial charge in [-0.2, -0.15) is 4.52 Å². The number of nitrogens with one attached hydrogen (secondary N) is 1. The molecule has 0 fully saturated rings. The van der Waals surface area contributed by atoms with Crippen molar-refractivity contribution >= 4 is 17.5 Å². The highest BCUT2D eigenvalue weighted by atomic mass is 32.2. The molecule has 6 nitrogen and oxygen atoms in total. The molecule has 2 aromatic heterocycles. The lowest BCUT2D eigenvalue weighted by Crippen LogP contribution is -2.15. The van der Waals surface area contributed by atoms with Crippen molar-refractivity contribution in [2.24, 2.45) is 0 Å². The van der Waals surface area contributed by atoms with Crippen LogP contribution in [-0.4, -0.2) is 24.7 Å². The molecule has 1 aromatic carbocycles. The van der Waals surface area contributed by atoms with E-state index in [4.69, 9.17) is 0 Å². The fourth-order valence-corrected chi connectivity index (χ4v) is 2.51. The van der Waals surface area contributed by atoms with E-state index in [9.17, 15) is 9.90 Å². The molecule has 0 saturated heterocycles. The Morgan fingerprint density at radius 3 is 3.11 bits per heavy atom. The Balaban J connectivity index is 1.83. The zero-order valence-corrected chi connectivity index (χ0v) is 10.6. The van der Waals surface area contributed by atoms with Crippen molar-refractivity contribution in [3.8, 4) is 5.75 Å². The highest BCUT2D eigenvalue weighted by molar-refractivity contribution is 7.98. The summed E-state index contributed by atoms with van der Waals surface area (Å²) in [7, 11) is 0. The quantitative estimate of drug-likeness (QED) is 0.706. The number of thioether (sulfide) groups is 1. The molecule has 0 bridgehead atoms. The van der Waals surface area contributed by atoms with Crippen molar-refractivity contribution in [1.82, 2.24) is 19.6 Å². The summed E-state index contributed by atoms with van der Waals surface area (Å²) in [5, 5.41) is 12.1. The summed E-state index contributed by atoms with van der Waals surface area (Å²) < 4.78 is 1.28. The van der Waals surface area contributed by atoms with E-state index in [0.717, 1.165) is 4.90 Å². The van der Waals surface area contributed by atoms with Gasteiger partial charge in [0.1, 0.15) is 12.1 Å². The van der Waals surface area contributed by atoms with Crippen LogP contribution in [0.1, 0.15) is 5.69 Å². The maximum Gasteiger partial charge on any atom is 0.274 e. The molecule has 0 atom stereocenters. The van der Waals surface area contributed by atoms with E-state index in [-0.39, 0.29) is 11.3 Å². The van der Waals surface area contributed by atoms with Crippen molar-refractivity contribution < 1.29 is 5.11 Å². The highest BCUT2D eigenvalue weighted by Crippen LogP contribution is 2.24. The molecule has 7 heteroatoms. The third kappa shape index (κ3) is 2.45. The number of fused-ring (bicyclic) bond motifs is 1. The molecule has 0 aliphatic carbocycles. The van der Waals surface area contributed by atoms with Crippen molar-refractivity contribution in [3.05, 3.63) is 52.7 Å². The molecular weight excluding hydrogens is 264 g/mol. The van der Waals surface area contributed by atoms with E-state index in [1.807, 2.05) is 6.07 Å². The second kappa shape index (κ2) is 4.77. The van der Waals surface area contributed by atoms with Crippen LogP contribution in [0.2, 0.25) is 0 Å². The minimum atomic E-state index is -0.186. The Kier molecular flexibility index (Phi) is 2.96. The van der Waals surface area contributed by atoms with E-state index in [2.05, 4.69) is 15.1 Å². The van der Waals surface area contributed by atoms with Gasteiger partial charge >= 0.3 is 0 Å². The predicted octanol–water partition coefficient (Wildman–Crippen LogP) is 1.42. The molecule has 19 heavy (non-hydrogen) atoms. The van der Waals surface area contributed by atoms with E-state index in [1.54, 1.807) is 18.2 Å². The summed E-state index contributed by atoms with van der Waals surface area (Å²) in [6.45, 7) is 0. The lowest BCUT2D eigenvalue weighted by Gasteiger charge is -2.02. The van der Waals surface area contributed by atoms with Gasteiger partial charge in [-0.3, -0.25) is 9.89 Å². The summed E-state index contributed by atoms with van der Waals surface area (Å²) in [6.07, 6.45) is 1.43. The number of aromatic hydroxyl groups is 1. The van der Waals surface area contributed by atoms with Gasteiger partial charge in [0.05, 0.1) is 5.69 Å². The topological polar surface area (TPSA) is 83.3 Å². The first-order valence-corrected chi connectivity index (χ1v) is 6.55. The van der Waals surface area contributed by atoms with Crippen molar-refractivity contribution in [2.75, 3.05) is 0 Å². The molecule has 0 spiro atoms. The van der Waals surface area contributed by atoms with Crippen LogP contribution >= 0.6 is 11.8 Å². The third-order valence-corrected chi connectivity index (χ3v) is 3.55. The molecule has 0 radical (unpaired) electrons. The summed E-state index contributed by atoms with van der Waals surface area (Å²) in [5.74, 6) is 1.13. The number of rotatable bonds is 3. The van der Waals surface area contributed by atoms with Gasteiger partial charge in [0.25, 0.3) is 11.3 Å². The van der Waals surface area contributed by atoms with Gasteiger partial charge in [-0.15, -0.1) is 11.8 Å².